The van der Waals surface area contributed by atoms with Crippen molar-refractivity contribution in [3.05, 3.63) is 0 Å². The fraction of sp³-hybridized carbons (Fsp3) is 1.00. The summed E-state index contributed by atoms with van der Waals surface area (Å²) in [6, 6.07) is 0. The van der Waals surface area contributed by atoms with Gasteiger partial charge in [-0.25, -0.2) is 39.2 Å². The second-order valence-electron chi connectivity index (χ2n) is 4.46. The van der Waals surface area contributed by atoms with E-state index in [0.717, 1.165) is 0 Å². The van der Waals surface area contributed by atoms with E-state index in [2.05, 4.69) is 0 Å². The van der Waals surface area contributed by atoms with Crippen LogP contribution >= 0.6 is 0 Å². The van der Waals surface area contributed by atoms with Crippen LogP contribution in [0.3, 0.4) is 0 Å². The van der Waals surface area contributed by atoms with Crippen LogP contribution in [0.4, 0.5) is 35.1 Å². The fourth-order valence-electron chi connectivity index (χ4n) is 1.48. The summed E-state index contributed by atoms with van der Waals surface area (Å²) in [5.41, 5.74) is 0. The first-order valence-electron chi connectivity index (χ1n) is 5.90. The van der Waals surface area contributed by atoms with Gasteiger partial charge in [0.05, 0.1) is 22.5 Å². The average molecular weight is 404 g/mol. The van der Waals surface area contributed by atoms with Crippen LogP contribution in [-0.4, -0.2) is 68.6 Å². The SMILES string of the molecule is O=S(=O)([O-])CC(F)C(F)C(F)C(F)C(F)C(F)C(F)CCF.[K+]. The van der Waals surface area contributed by atoms with Crippen molar-refractivity contribution in [1.29, 1.82) is 0 Å². The van der Waals surface area contributed by atoms with Crippen molar-refractivity contribution in [2.45, 2.75) is 49.6 Å². The van der Waals surface area contributed by atoms with Crippen LogP contribution in [0.15, 0.2) is 0 Å². The van der Waals surface area contributed by atoms with E-state index in [1.807, 2.05) is 0 Å². The van der Waals surface area contributed by atoms with Crippen molar-refractivity contribution in [1.82, 2.24) is 0 Å². The molecular formula is C10H13F8KO3S. The second-order valence-corrected chi connectivity index (χ2v) is 5.90. The Kier molecular flexibility index (Phi) is 13.2. The number of rotatable bonds is 10. The molecule has 0 fully saturated rings. The zero-order chi connectivity index (χ0) is 17.7. The van der Waals surface area contributed by atoms with Gasteiger partial charge in [-0.3, -0.25) is 4.39 Å². The van der Waals surface area contributed by atoms with Gasteiger partial charge in [0.2, 0.25) is 0 Å². The molecule has 0 heterocycles. The van der Waals surface area contributed by atoms with E-state index in [1.54, 1.807) is 0 Å². The molecule has 13 heteroatoms. The third-order valence-electron chi connectivity index (χ3n) is 2.66. The molecule has 0 aromatic carbocycles. The molecule has 7 atom stereocenters. The molecule has 0 saturated carbocycles. The summed E-state index contributed by atoms with van der Waals surface area (Å²) in [5.74, 6) is -2.04. The average Bonchev–Trinajstić information content (AvgIpc) is 2.41. The first kappa shape index (κ1) is 26.2. The van der Waals surface area contributed by atoms with Gasteiger partial charge >= 0.3 is 51.4 Å². The summed E-state index contributed by atoms with van der Waals surface area (Å²) in [6.45, 7) is -1.41. The Labute approximate surface area is 170 Å². The van der Waals surface area contributed by atoms with Crippen molar-refractivity contribution in [3.63, 3.8) is 0 Å². The Balaban J connectivity index is 0. The predicted octanol–water partition coefficient (Wildman–Crippen LogP) is -0.738. The predicted molar refractivity (Wildman–Crippen MR) is 59.4 cm³/mol. The smallest absolute Gasteiger partial charge is 0.748 e. The molecule has 7 unspecified atom stereocenters. The zero-order valence-electron chi connectivity index (χ0n) is 11.8. The van der Waals surface area contributed by atoms with E-state index in [0.29, 0.717) is 0 Å². The van der Waals surface area contributed by atoms with Crippen LogP contribution in [0.5, 0.6) is 0 Å². The van der Waals surface area contributed by atoms with Gasteiger partial charge in [-0.2, -0.15) is 0 Å². The Morgan fingerprint density at radius 1 is 0.739 bits per heavy atom. The van der Waals surface area contributed by atoms with Crippen LogP contribution in [0.1, 0.15) is 6.42 Å². The number of hydrogen-bond donors (Lipinski definition) is 0. The largest absolute Gasteiger partial charge is 1.00 e. The van der Waals surface area contributed by atoms with Gasteiger partial charge in [-0.15, -0.1) is 0 Å². The molecule has 23 heavy (non-hydrogen) atoms. The Morgan fingerprint density at radius 3 is 1.43 bits per heavy atom. The van der Waals surface area contributed by atoms with Crippen LogP contribution in [0.25, 0.3) is 0 Å². The maximum atomic E-state index is 13.2. The summed E-state index contributed by atoms with van der Waals surface area (Å²) in [7, 11) is -5.31. The van der Waals surface area contributed by atoms with E-state index >= 15 is 0 Å². The normalized spacial score (nSPS) is 21.4. The third kappa shape index (κ3) is 9.30. The van der Waals surface area contributed by atoms with Gasteiger partial charge in [0.1, 0.15) is 12.3 Å². The van der Waals surface area contributed by atoms with E-state index in [-0.39, 0.29) is 51.4 Å². The first-order valence-corrected chi connectivity index (χ1v) is 7.48. The van der Waals surface area contributed by atoms with Gasteiger partial charge in [-0.05, 0) is 0 Å². The molecule has 0 spiro atoms. The topological polar surface area (TPSA) is 57.2 Å². The van der Waals surface area contributed by atoms with Crippen LogP contribution in [0, 0.1) is 0 Å². The Hall–Kier alpha value is 0.986. The van der Waals surface area contributed by atoms with Gasteiger partial charge in [0.25, 0.3) is 0 Å². The molecule has 0 aliphatic rings. The van der Waals surface area contributed by atoms with E-state index in [1.165, 1.54) is 0 Å². The molecule has 0 aromatic rings. The Bertz CT molecular complexity index is 428. The summed E-state index contributed by atoms with van der Waals surface area (Å²) in [6.07, 6.45) is -25.1. The maximum absolute atomic E-state index is 13.2. The molecule has 0 radical (unpaired) electrons. The van der Waals surface area contributed by atoms with E-state index in [4.69, 9.17) is 0 Å². The third-order valence-corrected chi connectivity index (χ3v) is 3.38. The fourth-order valence-corrected chi connectivity index (χ4v) is 2.05. The molecule has 134 valence electrons. The summed E-state index contributed by atoms with van der Waals surface area (Å²) in [4.78, 5) is 0. The van der Waals surface area contributed by atoms with Crippen molar-refractivity contribution >= 4 is 10.1 Å². The quantitative estimate of drug-likeness (QED) is 0.274. The van der Waals surface area contributed by atoms with Gasteiger partial charge in [-0.1, -0.05) is 0 Å². The summed E-state index contributed by atoms with van der Waals surface area (Å²) in [5, 5.41) is 0. The molecule has 0 amide bonds. The maximum Gasteiger partial charge on any atom is 1.00 e. The van der Waals surface area contributed by atoms with Crippen molar-refractivity contribution in [2.75, 3.05) is 12.4 Å². The molecule has 0 aliphatic carbocycles. The summed E-state index contributed by atoms with van der Waals surface area (Å²) < 4.78 is 134. The Morgan fingerprint density at radius 2 is 1.09 bits per heavy atom. The number of alkyl halides is 8. The van der Waals surface area contributed by atoms with Crippen molar-refractivity contribution in [2.24, 2.45) is 0 Å². The molecule has 0 bridgehead atoms. The van der Waals surface area contributed by atoms with Crippen LogP contribution in [0.2, 0.25) is 0 Å². The molecule has 3 nitrogen and oxygen atoms in total. The van der Waals surface area contributed by atoms with Crippen molar-refractivity contribution in [3.8, 4) is 0 Å². The molecule has 0 rings (SSSR count). The molecule has 0 aliphatic heterocycles. The standard InChI is InChI=1S/C10H14F8O3S.K/c11-2-1-4(12)6(14)8(16)10(18)9(17)7(15)5(13)3-22(19,20)21;/h4-10H,1-3H2,(H,19,20,21);/q;+1/p-1. The van der Waals surface area contributed by atoms with Gasteiger partial charge in [0.15, 0.2) is 30.9 Å². The molecule has 0 N–H and O–H groups in total. The number of halogens is 8. The van der Waals surface area contributed by atoms with Gasteiger partial charge in [0, 0.05) is 6.42 Å². The van der Waals surface area contributed by atoms with E-state index in [9.17, 15) is 48.1 Å². The molecular weight excluding hydrogens is 391 g/mol. The monoisotopic (exact) mass is 404 g/mol. The van der Waals surface area contributed by atoms with Crippen LogP contribution < -0.4 is 51.4 Å². The zero-order valence-corrected chi connectivity index (χ0v) is 15.8. The van der Waals surface area contributed by atoms with E-state index < -0.39 is 72.2 Å². The minimum Gasteiger partial charge on any atom is -0.748 e. The minimum absolute atomic E-state index is 0. The second kappa shape index (κ2) is 11.6. The summed E-state index contributed by atoms with van der Waals surface area (Å²) >= 11 is 0. The minimum atomic E-state index is -5.31. The molecule has 0 saturated heterocycles. The van der Waals surface area contributed by atoms with Crippen LogP contribution in [-0.2, 0) is 10.1 Å². The number of hydrogen-bond acceptors (Lipinski definition) is 3. The molecule has 0 aromatic heterocycles. The van der Waals surface area contributed by atoms with Gasteiger partial charge < -0.3 is 4.55 Å². The van der Waals surface area contributed by atoms with Crippen molar-refractivity contribution < 1.29 is 99.5 Å². The first-order chi connectivity index (χ1) is 9.92.